The van der Waals surface area contributed by atoms with Gasteiger partial charge in [-0.1, -0.05) is 23.4 Å². The van der Waals surface area contributed by atoms with Crippen LogP contribution < -0.4 is 4.74 Å². The smallest absolute Gasteiger partial charge is 0.229 e. The predicted molar refractivity (Wildman–Crippen MR) is 67.8 cm³/mol. The van der Waals surface area contributed by atoms with Gasteiger partial charge in [0.2, 0.25) is 11.7 Å². The number of nitrogens with zero attached hydrogens (tertiary/aromatic N) is 2. The van der Waals surface area contributed by atoms with Crippen molar-refractivity contribution in [2.45, 2.75) is 31.8 Å². The topological polar surface area (TPSA) is 68.4 Å². The van der Waals surface area contributed by atoms with Gasteiger partial charge in [0.15, 0.2) is 6.61 Å². The average Bonchev–Trinajstić information content (AvgIpc) is 3.18. The van der Waals surface area contributed by atoms with E-state index in [9.17, 15) is 0 Å². The number of aliphatic hydroxyl groups excluding tert-OH is 1. The van der Waals surface area contributed by atoms with Crippen LogP contribution in [0.2, 0.25) is 0 Å². The summed E-state index contributed by atoms with van der Waals surface area (Å²) < 4.78 is 10.9. The lowest BCUT2D eigenvalue weighted by atomic mass is 10.1. The third kappa shape index (κ3) is 2.93. The van der Waals surface area contributed by atoms with Crippen molar-refractivity contribution < 1.29 is 14.4 Å². The molecule has 100 valence electrons. The van der Waals surface area contributed by atoms with Crippen LogP contribution in [0, 0.1) is 0 Å². The normalized spacial score (nSPS) is 14.6. The van der Waals surface area contributed by atoms with Crippen molar-refractivity contribution >= 4 is 0 Å². The van der Waals surface area contributed by atoms with E-state index in [1.54, 1.807) is 0 Å². The molecule has 0 spiro atoms. The number of aliphatic hydroxyl groups is 1. The van der Waals surface area contributed by atoms with Crippen LogP contribution in [0.1, 0.15) is 36.0 Å². The number of aromatic nitrogens is 2. The van der Waals surface area contributed by atoms with Gasteiger partial charge in [-0.25, -0.2) is 0 Å². The highest BCUT2D eigenvalue weighted by Gasteiger charge is 2.29. The van der Waals surface area contributed by atoms with E-state index in [0.29, 0.717) is 24.8 Å². The fourth-order valence-corrected chi connectivity index (χ4v) is 1.94. The van der Waals surface area contributed by atoms with Crippen molar-refractivity contribution in [1.82, 2.24) is 10.1 Å². The highest BCUT2D eigenvalue weighted by molar-refractivity contribution is 5.33. The molecule has 1 saturated carbocycles. The summed E-state index contributed by atoms with van der Waals surface area (Å²) in [4.78, 5) is 4.31. The second-order valence-electron chi connectivity index (χ2n) is 4.69. The van der Waals surface area contributed by atoms with Crippen LogP contribution in [0.4, 0.5) is 0 Å². The molecule has 0 atom stereocenters. The van der Waals surface area contributed by atoms with E-state index in [0.717, 1.165) is 30.0 Å². The first-order valence-corrected chi connectivity index (χ1v) is 6.51. The van der Waals surface area contributed by atoms with Gasteiger partial charge in [-0.15, -0.1) is 0 Å². The van der Waals surface area contributed by atoms with E-state index in [1.807, 2.05) is 24.3 Å². The van der Waals surface area contributed by atoms with Gasteiger partial charge in [0.25, 0.3) is 0 Å². The highest BCUT2D eigenvalue weighted by atomic mass is 16.5. The summed E-state index contributed by atoms with van der Waals surface area (Å²) in [7, 11) is 0. The predicted octanol–water partition coefficient (Wildman–Crippen LogP) is 2.06. The van der Waals surface area contributed by atoms with Crippen molar-refractivity contribution in [2.24, 2.45) is 0 Å². The Labute approximate surface area is 111 Å². The molecule has 0 bridgehead atoms. The Bertz CT molecular complexity index is 549. The molecule has 1 aliphatic carbocycles. The molecule has 2 aromatic rings. The molecule has 1 aromatic carbocycles. The van der Waals surface area contributed by atoms with E-state index in [4.69, 9.17) is 14.4 Å². The Morgan fingerprint density at radius 2 is 2.16 bits per heavy atom. The minimum Gasteiger partial charge on any atom is -0.485 e. The summed E-state index contributed by atoms with van der Waals surface area (Å²) in [6.45, 7) is 0.396. The number of para-hydroxylation sites is 1. The number of hydrogen-bond donors (Lipinski definition) is 1. The zero-order chi connectivity index (χ0) is 13.1. The maximum absolute atomic E-state index is 9.01. The second-order valence-corrected chi connectivity index (χ2v) is 4.69. The number of benzene rings is 1. The lowest BCUT2D eigenvalue weighted by Gasteiger charge is -2.08. The Morgan fingerprint density at radius 1 is 1.32 bits per heavy atom. The fourth-order valence-electron chi connectivity index (χ4n) is 1.94. The third-order valence-corrected chi connectivity index (χ3v) is 3.12. The standard InChI is InChI=1S/C14H16N2O3/c17-8-7-10-3-1-2-4-12(10)18-9-13-15-14(19-16-13)11-5-6-11/h1-4,11,17H,5-9H2. The highest BCUT2D eigenvalue weighted by Crippen LogP contribution is 2.38. The third-order valence-electron chi connectivity index (χ3n) is 3.12. The van der Waals surface area contributed by atoms with Crippen LogP contribution in [0.15, 0.2) is 28.8 Å². The van der Waals surface area contributed by atoms with Gasteiger partial charge in [-0.05, 0) is 30.9 Å². The molecule has 0 radical (unpaired) electrons. The molecule has 5 heteroatoms. The Balaban J connectivity index is 1.64. The van der Waals surface area contributed by atoms with Crippen molar-refractivity contribution in [3.05, 3.63) is 41.5 Å². The number of ether oxygens (including phenoxy) is 1. The maximum Gasteiger partial charge on any atom is 0.229 e. The zero-order valence-electron chi connectivity index (χ0n) is 10.6. The zero-order valence-corrected chi connectivity index (χ0v) is 10.6. The summed E-state index contributed by atoms with van der Waals surface area (Å²) in [6, 6.07) is 7.66. The van der Waals surface area contributed by atoms with E-state index in [1.165, 1.54) is 0 Å². The Morgan fingerprint density at radius 3 is 2.95 bits per heavy atom. The Hall–Kier alpha value is -1.88. The van der Waals surface area contributed by atoms with Gasteiger partial charge in [-0.2, -0.15) is 4.98 Å². The summed E-state index contributed by atoms with van der Waals surface area (Å²) in [5, 5.41) is 12.9. The molecular formula is C14H16N2O3. The van der Waals surface area contributed by atoms with E-state index in [2.05, 4.69) is 10.1 Å². The average molecular weight is 260 g/mol. The van der Waals surface area contributed by atoms with Gasteiger partial charge in [0.05, 0.1) is 0 Å². The van der Waals surface area contributed by atoms with Crippen LogP contribution in [0.5, 0.6) is 5.75 Å². The quantitative estimate of drug-likeness (QED) is 0.861. The molecule has 19 heavy (non-hydrogen) atoms. The van der Waals surface area contributed by atoms with Crippen LogP contribution in [-0.4, -0.2) is 21.9 Å². The monoisotopic (exact) mass is 260 g/mol. The largest absolute Gasteiger partial charge is 0.485 e. The number of rotatable bonds is 6. The van der Waals surface area contributed by atoms with Crippen molar-refractivity contribution in [1.29, 1.82) is 0 Å². The molecule has 0 aliphatic heterocycles. The fraction of sp³-hybridized carbons (Fsp3) is 0.429. The van der Waals surface area contributed by atoms with Crippen molar-refractivity contribution in [2.75, 3.05) is 6.61 Å². The minimum atomic E-state index is 0.106. The van der Waals surface area contributed by atoms with E-state index >= 15 is 0 Å². The molecule has 3 rings (SSSR count). The van der Waals surface area contributed by atoms with Crippen LogP contribution >= 0.6 is 0 Å². The first-order chi connectivity index (χ1) is 9.36. The molecule has 5 nitrogen and oxygen atoms in total. The van der Waals surface area contributed by atoms with Crippen molar-refractivity contribution in [3.8, 4) is 5.75 Å². The van der Waals surface area contributed by atoms with Gasteiger partial charge < -0.3 is 14.4 Å². The first kappa shape index (κ1) is 12.2. The van der Waals surface area contributed by atoms with Crippen LogP contribution in [-0.2, 0) is 13.0 Å². The van der Waals surface area contributed by atoms with E-state index < -0.39 is 0 Å². The lowest BCUT2D eigenvalue weighted by molar-refractivity contribution is 0.273. The summed E-state index contributed by atoms with van der Waals surface area (Å²) >= 11 is 0. The van der Waals surface area contributed by atoms with Gasteiger partial charge in [0.1, 0.15) is 5.75 Å². The van der Waals surface area contributed by atoms with Crippen LogP contribution in [0.25, 0.3) is 0 Å². The van der Waals surface area contributed by atoms with Crippen molar-refractivity contribution in [3.63, 3.8) is 0 Å². The second kappa shape index (κ2) is 5.40. The Kier molecular flexibility index (Phi) is 3.46. The number of hydrogen-bond acceptors (Lipinski definition) is 5. The maximum atomic E-state index is 9.01. The molecular weight excluding hydrogens is 244 g/mol. The minimum absolute atomic E-state index is 0.106. The molecule has 1 fully saturated rings. The summed E-state index contributed by atoms with van der Waals surface area (Å²) in [6.07, 6.45) is 2.86. The molecule has 0 amide bonds. The summed E-state index contributed by atoms with van der Waals surface area (Å²) in [5.41, 5.74) is 0.982. The first-order valence-electron chi connectivity index (χ1n) is 6.51. The van der Waals surface area contributed by atoms with Crippen LogP contribution in [0.3, 0.4) is 0 Å². The van der Waals surface area contributed by atoms with E-state index in [-0.39, 0.29) is 6.61 Å². The van der Waals surface area contributed by atoms with Gasteiger partial charge >= 0.3 is 0 Å². The summed E-state index contributed by atoms with van der Waals surface area (Å²) in [5.74, 6) is 2.51. The van der Waals surface area contributed by atoms with Gasteiger partial charge in [-0.3, -0.25) is 0 Å². The molecule has 1 aromatic heterocycles. The SMILES string of the molecule is OCCc1ccccc1OCc1noc(C2CC2)n1. The molecule has 1 heterocycles. The molecule has 1 N–H and O–H groups in total. The molecule has 0 unspecified atom stereocenters. The molecule has 1 aliphatic rings. The molecule has 0 saturated heterocycles. The van der Waals surface area contributed by atoms with Gasteiger partial charge in [0, 0.05) is 12.5 Å². The lowest BCUT2D eigenvalue weighted by Crippen LogP contribution is -2.01.